The first-order chi connectivity index (χ1) is 5.51. The van der Waals surface area contributed by atoms with Crippen LogP contribution in [0.2, 0.25) is 0 Å². The lowest BCUT2D eigenvalue weighted by Gasteiger charge is -1.95. The van der Waals surface area contributed by atoms with Gasteiger partial charge in [-0.25, -0.2) is 13.4 Å². The number of nitrogens with one attached hydrogen (secondary N) is 1. The highest BCUT2D eigenvalue weighted by Crippen LogP contribution is 2.17. The SMILES string of the molecule is CS(=O)(=O)Nc1nc(CCl)cs1. The number of halogens is 1. The Morgan fingerprint density at radius 2 is 2.42 bits per heavy atom. The molecule has 0 saturated heterocycles. The number of hydrogen-bond donors (Lipinski definition) is 1. The highest BCUT2D eigenvalue weighted by atomic mass is 35.5. The van der Waals surface area contributed by atoms with Crippen LogP contribution in [0, 0.1) is 0 Å². The van der Waals surface area contributed by atoms with Gasteiger partial charge in [-0.3, -0.25) is 4.72 Å². The molecule has 1 aromatic heterocycles. The van der Waals surface area contributed by atoms with Crippen LogP contribution in [0.1, 0.15) is 5.69 Å². The molecular formula is C5H7ClN2O2S2. The van der Waals surface area contributed by atoms with Crippen LogP contribution >= 0.6 is 22.9 Å². The van der Waals surface area contributed by atoms with Crippen molar-refractivity contribution in [2.24, 2.45) is 0 Å². The number of thiazole rings is 1. The Hall–Kier alpha value is -0.330. The first-order valence-electron chi connectivity index (χ1n) is 2.99. The summed E-state index contributed by atoms with van der Waals surface area (Å²) in [5.74, 6) is 0.294. The van der Waals surface area contributed by atoms with E-state index in [2.05, 4.69) is 9.71 Å². The maximum Gasteiger partial charge on any atom is 0.231 e. The monoisotopic (exact) mass is 226 g/mol. The highest BCUT2D eigenvalue weighted by Gasteiger charge is 2.05. The lowest BCUT2D eigenvalue weighted by Crippen LogP contribution is -2.09. The van der Waals surface area contributed by atoms with Crippen molar-refractivity contribution in [3.05, 3.63) is 11.1 Å². The van der Waals surface area contributed by atoms with Gasteiger partial charge in [-0.05, 0) is 0 Å². The molecule has 0 aliphatic carbocycles. The Balaban J connectivity index is 2.78. The van der Waals surface area contributed by atoms with Gasteiger partial charge in [0.1, 0.15) is 0 Å². The van der Waals surface area contributed by atoms with Crippen LogP contribution in [0.15, 0.2) is 5.38 Å². The molecule has 0 radical (unpaired) electrons. The predicted molar refractivity (Wildman–Crippen MR) is 50.1 cm³/mol. The molecule has 7 heteroatoms. The van der Waals surface area contributed by atoms with Crippen molar-refractivity contribution in [3.8, 4) is 0 Å². The van der Waals surface area contributed by atoms with E-state index in [0.29, 0.717) is 16.7 Å². The Kier molecular flexibility index (Phi) is 2.92. The predicted octanol–water partition coefficient (Wildman–Crippen LogP) is 1.25. The normalized spacial score (nSPS) is 11.5. The topological polar surface area (TPSA) is 59.1 Å². The zero-order chi connectivity index (χ0) is 9.19. The van der Waals surface area contributed by atoms with Gasteiger partial charge in [-0.2, -0.15) is 0 Å². The summed E-state index contributed by atoms with van der Waals surface area (Å²) < 4.78 is 23.7. The number of anilines is 1. The van der Waals surface area contributed by atoms with Gasteiger partial charge in [-0.15, -0.1) is 22.9 Å². The second-order valence-corrected chi connectivity index (χ2v) is 5.03. The van der Waals surface area contributed by atoms with Gasteiger partial charge >= 0.3 is 0 Å². The molecule has 68 valence electrons. The van der Waals surface area contributed by atoms with E-state index in [1.807, 2.05) is 0 Å². The van der Waals surface area contributed by atoms with Crippen LogP contribution in [-0.4, -0.2) is 19.7 Å². The molecule has 0 spiro atoms. The molecular weight excluding hydrogens is 220 g/mol. The third-order valence-electron chi connectivity index (χ3n) is 0.961. The molecule has 1 rings (SSSR count). The lowest BCUT2D eigenvalue weighted by atomic mass is 10.6. The smallest absolute Gasteiger partial charge is 0.231 e. The number of nitrogens with zero attached hydrogens (tertiary/aromatic N) is 1. The molecule has 1 N–H and O–H groups in total. The minimum atomic E-state index is -3.22. The van der Waals surface area contributed by atoms with E-state index >= 15 is 0 Å². The molecule has 0 unspecified atom stereocenters. The summed E-state index contributed by atoms with van der Waals surface area (Å²) in [6, 6.07) is 0. The molecule has 0 atom stereocenters. The third kappa shape index (κ3) is 2.96. The number of rotatable bonds is 3. The number of sulfonamides is 1. The van der Waals surface area contributed by atoms with Crippen LogP contribution < -0.4 is 4.72 Å². The van der Waals surface area contributed by atoms with Crippen molar-refractivity contribution in [3.63, 3.8) is 0 Å². The van der Waals surface area contributed by atoms with Crippen molar-refractivity contribution >= 4 is 38.1 Å². The standard InChI is InChI=1S/C5H7ClN2O2S2/c1-12(9,10)8-5-7-4(2-6)3-11-5/h3H,2H2,1H3,(H,7,8). The number of aromatic nitrogens is 1. The van der Waals surface area contributed by atoms with Gasteiger partial charge in [-0.1, -0.05) is 0 Å². The fraction of sp³-hybridized carbons (Fsp3) is 0.400. The summed E-state index contributed by atoms with van der Waals surface area (Å²) in [7, 11) is -3.22. The quantitative estimate of drug-likeness (QED) is 0.790. The number of hydrogen-bond acceptors (Lipinski definition) is 4. The highest BCUT2D eigenvalue weighted by molar-refractivity contribution is 7.92. The van der Waals surface area contributed by atoms with E-state index in [1.54, 1.807) is 5.38 Å². The Morgan fingerprint density at radius 3 is 2.83 bits per heavy atom. The Labute approximate surface area is 79.6 Å². The van der Waals surface area contributed by atoms with Gasteiger partial charge in [0.05, 0.1) is 17.8 Å². The van der Waals surface area contributed by atoms with Crippen LogP contribution in [0.25, 0.3) is 0 Å². The summed E-state index contributed by atoms with van der Waals surface area (Å²) in [6.07, 6.45) is 1.08. The first-order valence-corrected chi connectivity index (χ1v) is 6.30. The molecule has 1 heterocycles. The fourth-order valence-electron chi connectivity index (χ4n) is 0.574. The van der Waals surface area contributed by atoms with Gasteiger partial charge < -0.3 is 0 Å². The van der Waals surface area contributed by atoms with Gasteiger partial charge in [0.2, 0.25) is 10.0 Å². The van der Waals surface area contributed by atoms with Crippen molar-refractivity contribution < 1.29 is 8.42 Å². The minimum absolute atomic E-state index is 0.294. The Bertz CT molecular complexity index is 359. The van der Waals surface area contributed by atoms with Crippen LogP contribution in [0.3, 0.4) is 0 Å². The molecule has 1 aromatic rings. The van der Waals surface area contributed by atoms with Crippen molar-refractivity contribution in [2.75, 3.05) is 11.0 Å². The van der Waals surface area contributed by atoms with E-state index in [0.717, 1.165) is 6.26 Å². The maximum atomic E-state index is 10.7. The molecule has 12 heavy (non-hydrogen) atoms. The van der Waals surface area contributed by atoms with Gasteiger partial charge in [0.25, 0.3) is 0 Å². The van der Waals surface area contributed by atoms with E-state index in [1.165, 1.54) is 11.3 Å². The largest absolute Gasteiger partial charge is 0.259 e. The minimum Gasteiger partial charge on any atom is -0.259 e. The van der Waals surface area contributed by atoms with E-state index in [4.69, 9.17) is 11.6 Å². The summed E-state index contributed by atoms with van der Waals surface area (Å²) in [4.78, 5) is 3.91. The summed E-state index contributed by atoms with van der Waals surface area (Å²) >= 11 is 6.69. The molecule has 0 bridgehead atoms. The molecule has 0 aromatic carbocycles. The van der Waals surface area contributed by atoms with E-state index < -0.39 is 10.0 Å². The van der Waals surface area contributed by atoms with Crippen molar-refractivity contribution in [2.45, 2.75) is 5.88 Å². The summed E-state index contributed by atoms with van der Waals surface area (Å²) in [5.41, 5.74) is 0.674. The van der Waals surface area contributed by atoms with Gasteiger partial charge in [0.15, 0.2) is 5.13 Å². The second-order valence-electron chi connectivity index (χ2n) is 2.15. The van der Waals surface area contributed by atoms with E-state index in [-0.39, 0.29) is 0 Å². The average Bonchev–Trinajstić information content (AvgIpc) is 2.32. The molecule has 0 fully saturated rings. The average molecular weight is 227 g/mol. The first kappa shape index (κ1) is 9.76. The third-order valence-corrected chi connectivity index (χ3v) is 2.74. The molecule has 0 aliphatic rings. The maximum absolute atomic E-state index is 10.7. The Morgan fingerprint density at radius 1 is 1.75 bits per heavy atom. The van der Waals surface area contributed by atoms with Crippen molar-refractivity contribution in [1.82, 2.24) is 4.98 Å². The molecule has 0 saturated carbocycles. The molecule has 0 aliphatic heterocycles. The van der Waals surface area contributed by atoms with Crippen molar-refractivity contribution in [1.29, 1.82) is 0 Å². The van der Waals surface area contributed by atoms with Crippen LogP contribution in [0.4, 0.5) is 5.13 Å². The van der Waals surface area contributed by atoms with Gasteiger partial charge in [0, 0.05) is 5.38 Å². The van der Waals surface area contributed by atoms with E-state index in [9.17, 15) is 8.42 Å². The molecule has 4 nitrogen and oxygen atoms in total. The fourth-order valence-corrected chi connectivity index (χ4v) is 2.37. The summed E-state index contributed by atoms with van der Waals surface area (Å²) in [5, 5.41) is 2.06. The number of alkyl halides is 1. The summed E-state index contributed by atoms with van der Waals surface area (Å²) in [6.45, 7) is 0. The zero-order valence-electron chi connectivity index (χ0n) is 6.24. The van der Waals surface area contributed by atoms with Crippen LogP contribution in [-0.2, 0) is 15.9 Å². The zero-order valence-corrected chi connectivity index (χ0v) is 8.63. The lowest BCUT2D eigenvalue weighted by molar-refractivity contribution is 0.607. The second kappa shape index (κ2) is 3.59. The van der Waals surface area contributed by atoms with Crippen LogP contribution in [0.5, 0.6) is 0 Å². The molecule has 0 amide bonds.